The van der Waals surface area contributed by atoms with Gasteiger partial charge in [-0.2, -0.15) is 0 Å². The summed E-state index contributed by atoms with van der Waals surface area (Å²) in [6.45, 7) is 2.41. The first-order valence-corrected chi connectivity index (χ1v) is 5.47. The lowest BCUT2D eigenvalue weighted by atomic mass is 10.1. The van der Waals surface area contributed by atoms with Crippen LogP contribution < -0.4 is 10.1 Å². The van der Waals surface area contributed by atoms with Crippen molar-refractivity contribution in [2.24, 2.45) is 0 Å². The number of nitro benzene ring substituents is 1. The Morgan fingerprint density at radius 1 is 1.61 bits per heavy atom. The zero-order valence-electron chi connectivity index (χ0n) is 9.71. The van der Waals surface area contributed by atoms with Gasteiger partial charge < -0.3 is 14.8 Å². The third-order valence-electron chi connectivity index (χ3n) is 2.53. The zero-order valence-corrected chi connectivity index (χ0v) is 9.71. The molecule has 1 aromatic carbocycles. The third kappa shape index (κ3) is 2.34. The standard InChI is InChI=1S/C11H12N2O5/c1-2-17-9-4-3-7(5-8(9)13(15)16)10-6-12-11(14)18-10/h3-5,10H,2,6H2,1H3,(H,12,14). The quantitative estimate of drug-likeness (QED) is 0.651. The van der Waals surface area contributed by atoms with Gasteiger partial charge in [0.1, 0.15) is 6.10 Å². The Kier molecular flexibility index (Phi) is 3.31. The molecular formula is C11H12N2O5. The number of hydrogen-bond donors (Lipinski definition) is 1. The van der Waals surface area contributed by atoms with Crippen molar-refractivity contribution in [3.63, 3.8) is 0 Å². The molecule has 1 aliphatic heterocycles. The van der Waals surface area contributed by atoms with Crippen LogP contribution in [0.15, 0.2) is 18.2 Å². The third-order valence-corrected chi connectivity index (χ3v) is 2.53. The molecule has 7 heteroatoms. The minimum absolute atomic E-state index is 0.128. The van der Waals surface area contributed by atoms with Crippen LogP contribution in [-0.4, -0.2) is 24.2 Å². The number of carbonyl (C=O) groups excluding carboxylic acids is 1. The molecule has 1 amide bonds. The summed E-state index contributed by atoms with van der Waals surface area (Å²) in [5, 5.41) is 13.4. The molecule has 1 fully saturated rings. The molecule has 2 rings (SSSR count). The SMILES string of the molecule is CCOc1ccc(C2CNC(=O)O2)cc1[N+](=O)[O-]. The number of carbonyl (C=O) groups is 1. The number of nitrogens with zero attached hydrogens (tertiary/aromatic N) is 1. The predicted molar refractivity (Wildman–Crippen MR) is 61.5 cm³/mol. The number of nitro groups is 1. The molecular weight excluding hydrogens is 240 g/mol. The number of ether oxygens (including phenoxy) is 2. The predicted octanol–water partition coefficient (Wildman–Crippen LogP) is 1.77. The van der Waals surface area contributed by atoms with Gasteiger partial charge in [-0.05, 0) is 13.0 Å². The van der Waals surface area contributed by atoms with Gasteiger partial charge in [-0.3, -0.25) is 10.1 Å². The molecule has 1 N–H and O–H groups in total. The average molecular weight is 252 g/mol. The van der Waals surface area contributed by atoms with Crippen molar-refractivity contribution in [2.45, 2.75) is 13.0 Å². The van der Waals surface area contributed by atoms with Gasteiger partial charge in [-0.25, -0.2) is 4.79 Å². The van der Waals surface area contributed by atoms with Crippen molar-refractivity contribution in [1.82, 2.24) is 5.32 Å². The Bertz CT molecular complexity index is 488. The van der Waals surface area contributed by atoms with Crippen molar-refractivity contribution < 1.29 is 19.2 Å². The highest BCUT2D eigenvalue weighted by Gasteiger charge is 2.27. The van der Waals surface area contributed by atoms with Crippen LogP contribution in [0.3, 0.4) is 0 Å². The van der Waals surface area contributed by atoms with Crippen molar-refractivity contribution in [2.75, 3.05) is 13.2 Å². The van der Waals surface area contributed by atoms with Gasteiger partial charge in [0.25, 0.3) is 0 Å². The lowest BCUT2D eigenvalue weighted by molar-refractivity contribution is -0.386. The van der Waals surface area contributed by atoms with Gasteiger partial charge in [-0.1, -0.05) is 6.07 Å². The second-order valence-corrected chi connectivity index (χ2v) is 3.69. The summed E-state index contributed by atoms with van der Waals surface area (Å²) >= 11 is 0. The first kappa shape index (κ1) is 12.2. The van der Waals surface area contributed by atoms with E-state index >= 15 is 0 Å². The zero-order chi connectivity index (χ0) is 13.1. The van der Waals surface area contributed by atoms with Crippen LogP contribution in [-0.2, 0) is 4.74 Å². The molecule has 96 valence electrons. The molecule has 1 aromatic rings. The van der Waals surface area contributed by atoms with E-state index in [1.54, 1.807) is 13.0 Å². The monoisotopic (exact) mass is 252 g/mol. The highest BCUT2D eigenvalue weighted by molar-refractivity contribution is 5.69. The van der Waals surface area contributed by atoms with Gasteiger partial charge in [0.2, 0.25) is 0 Å². The fourth-order valence-corrected chi connectivity index (χ4v) is 1.73. The molecule has 0 aromatic heterocycles. The van der Waals surface area contributed by atoms with Crippen LogP contribution in [0.25, 0.3) is 0 Å². The lowest BCUT2D eigenvalue weighted by Gasteiger charge is -2.10. The normalized spacial score (nSPS) is 18.1. The molecule has 1 atom stereocenters. The van der Waals surface area contributed by atoms with E-state index < -0.39 is 17.1 Å². The minimum Gasteiger partial charge on any atom is -0.487 e. The topological polar surface area (TPSA) is 90.7 Å². The second kappa shape index (κ2) is 4.91. The summed E-state index contributed by atoms with van der Waals surface area (Å²) in [5.74, 6) is 0.212. The Balaban J connectivity index is 2.31. The molecule has 0 saturated carbocycles. The maximum Gasteiger partial charge on any atom is 0.407 e. The van der Waals surface area contributed by atoms with E-state index in [1.165, 1.54) is 12.1 Å². The number of rotatable bonds is 4. The fraction of sp³-hybridized carbons (Fsp3) is 0.364. The number of alkyl carbamates (subject to hydrolysis) is 1. The summed E-state index contributed by atoms with van der Waals surface area (Å²) in [6.07, 6.45) is -1.01. The lowest BCUT2D eigenvalue weighted by Crippen LogP contribution is -2.12. The Labute approximate surface area is 103 Å². The Morgan fingerprint density at radius 3 is 2.94 bits per heavy atom. The van der Waals surface area contributed by atoms with E-state index in [0.717, 1.165) is 0 Å². The van der Waals surface area contributed by atoms with Crippen molar-refractivity contribution in [3.05, 3.63) is 33.9 Å². The van der Waals surface area contributed by atoms with Gasteiger partial charge in [-0.15, -0.1) is 0 Å². The molecule has 1 aliphatic rings. The van der Waals surface area contributed by atoms with Crippen LogP contribution in [0.4, 0.5) is 10.5 Å². The summed E-state index contributed by atoms with van der Waals surface area (Å²) in [4.78, 5) is 21.3. The Morgan fingerprint density at radius 2 is 2.39 bits per heavy atom. The number of amides is 1. The fourth-order valence-electron chi connectivity index (χ4n) is 1.73. The van der Waals surface area contributed by atoms with E-state index in [4.69, 9.17) is 9.47 Å². The first-order chi connectivity index (χ1) is 8.61. The van der Waals surface area contributed by atoms with Crippen LogP contribution in [0.1, 0.15) is 18.6 Å². The number of hydrogen-bond acceptors (Lipinski definition) is 5. The van der Waals surface area contributed by atoms with Gasteiger partial charge in [0.05, 0.1) is 18.1 Å². The van der Waals surface area contributed by atoms with Gasteiger partial charge >= 0.3 is 11.8 Å². The highest BCUT2D eigenvalue weighted by Crippen LogP contribution is 2.32. The van der Waals surface area contributed by atoms with E-state index in [2.05, 4.69) is 5.32 Å². The first-order valence-electron chi connectivity index (χ1n) is 5.47. The maximum absolute atomic E-state index is 10.9. The molecule has 0 bridgehead atoms. The number of nitrogens with one attached hydrogen (secondary N) is 1. The van der Waals surface area contributed by atoms with Crippen LogP contribution in [0, 0.1) is 10.1 Å². The molecule has 1 heterocycles. The highest BCUT2D eigenvalue weighted by atomic mass is 16.6. The second-order valence-electron chi connectivity index (χ2n) is 3.69. The van der Waals surface area contributed by atoms with E-state index in [9.17, 15) is 14.9 Å². The molecule has 0 radical (unpaired) electrons. The van der Waals surface area contributed by atoms with Gasteiger partial charge in [0.15, 0.2) is 5.75 Å². The average Bonchev–Trinajstić information content (AvgIpc) is 2.76. The summed E-state index contributed by atoms with van der Waals surface area (Å²) < 4.78 is 10.1. The van der Waals surface area contributed by atoms with E-state index in [-0.39, 0.29) is 11.4 Å². The summed E-state index contributed by atoms with van der Waals surface area (Å²) in [6, 6.07) is 4.54. The number of cyclic esters (lactones) is 1. The van der Waals surface area contributed by atoms with Crippen LogP contribution >= 0.6 is 0 Å². The molecule has 0 aliphatic carbocycles. The van der Waals surface area contributed by atoms with E-state index in [1.807, 2.05) is 0 Å². The molecule has 1 saturated heterocycles. The van der Waals surface area contributed by atoms with Crippen LogP contribution in [0.5, 0.6) is 5.75 Å². The molecule has 7 nitrogen and oxygen atoms in total. The maximum atomic E-state index is 10.9. The smallest absolute Gasteiger partial charge is 0.407 e. The Hall–Kier alpha value is -2.31. The summed E-state index contributed by atoms with van der Waals surface area (Å²) in [7, 11) is 0. The molecule has 1 unspecified atom stereocenters. The van der Waals surface area contributed by atoms with Gasteiger partial charge in [0, 0.05) is 11.6 Å². The van der Waals surface area contributed by atoms with Crippen molar-refractivity contribution >= 4 is 11.8 Å². The van der Waals surface area contributed by atoms with Crippen LogP contribution in [0.2, 0.25) is 0 Å². The van der Waals surface area contributed by atoms with Crippen molar-refractivity contribution in [3.8, 4) is 5.75 Å². The van der Waals surface area contributed by atoms with Crippen molar-refractivity contribution in [1.29, 1.82) is 0 Å². The molecule has 18 heavy (non-hydrogen) atoms. The largest absolute Gasteiger partial charge is 0.487 e. The number of benzene rings is 1. The molecule has 0 spiro atoms. The minimum atomic E-state index is -0.517. The summed E-state index contributed by atoms with van der Waals surface area (Å²) in [5.41, 5.74) is 0.445. The van der Waals surface area contributed by atoms with E-state index in [0.29, 0.717) is 18.7 Å².